The smallest absolute Gasteiger partial charge is 0.227 e. The van der Waals surface area contributed by atoms with Crippen molar-refractivity contribution in [3.05, 3.63) is 0 Å². The van der Waals surface area contributed by atoms with Crippen molar-refractivity contribution in [1.29, 1.82) is 0 Å². The van der Waals surface area contributed by atoms with Crippen molar-refractivity contribution < 1.29 is 4.79 Å². The maximum Gasteiger partial charge on any atom is 0.227 e. The van der Waals surface area contributed by atoms with Crippen LogP contribution in [0.3, 0.4) is 0 Å². The molecule has 0 radical (unpaired) electrons. The highest BCUT2D eigenvalue weighted by atomic mass is 16.2. The summed E-state index contributed by atoms with van der Waals surface area (Å²) in [6.07, 6.45) is 6.52. The summed E-state index contributed by atoms with van der Waals surface area (Å²) < 4.78 is 0. The zero-order chi connectivity index (χ0) is 12.9. The first kappa shape index (κ1) is 14.5. The van der Waals surface area contributed by atoms with E-state index in [-0.39, 0.29) is 17.4 Å². The largest absolute Gasteiger partial charge is 0.356 e. The lowest BCUT2D eigenvalue weighted by Crippen LogP contribution is -2.47. The third-order valence-corrected chi connectivity index (χ3v) is 4.04. The molecule has 0 aromatic rings. The summed E-state index contributed by atoms with van der Waals surface area (Å²) >= 11 is 0. The van der Waals surface area contributed by atoms with Crippen LogP contribution in [-0.2, 0) is 4.79 Å². The first-order valence-corrected chi connectivity index (χ1v) is 7.00. The maximum absolute atomic E-state index is 12.1. The number of nitrogens with one attached hydrogen (secondary N) is 1. The van der Waals surface area contributed by atoms with E-state index in [2.05, 4.69) is 19.2 Å². The summed E-state index contributed by atoms with van der Waals surface area (Å²) in [5.41, 5.74) is 5.70. The van der Waals surface area contributed by atoms with Gasteiger partial charge in [-0.3, -0.25) is 4.79 Å². The highest BCUT2D eigenvalue weighted by Gasteiger charge is 2.42. The molecule has 1 amide bonds. The molecule has 3 nitrogen and oxygen atoms in total. The van der Waals surface area contributed by atoms with Crippen LogP contribution in [0.15, 0.2) is 0 Å². The van der Waals surface area contributed by atoms with Gasteiger partial charge in [0.25, 0.3) is 0 Å². The van der Waals surface area contributed by atoms with Crippen molar-refractivity contribution in [3.8, 4) is 0 Å². The predicted octanol–water partition coefficient (Wildman–Crippen LogP) is 2.45. The van der Waals surface area contributed by atoms with E-state index in [1.807, 2.05) is 6.92 Å². The molecular weight excluding hydrogens is 212 g/mol. The molecule has 17 heavy (non-hydrogen) atoms. The van der Waals surface area contributed by atoms with Gasteiger partial charge in [0, 0.05) is 12.6 Å². The summed E-state index contributed by atoms with van der Waals surface area (Å²) in [6.45, 7) is 7.27. The van der Waals surface area contributed by atoms with E-state index in [9.17, 15) is 4.79 Å². The molecule has 100 valence electrons. The number of carbonyl (C=O) groups is 1. The summed E-state index contributed by atoms with van der Waals surface area (Å²) in [5.74, 6) is 0.915. The van der Waals surface area contributed by atoms with Gasteiger partial charge >= 0.3 is 0 Å². The van der Waals surface area contributed by atoms with Crippen LogP contribution in [-0.4, -0.2) is 18.5 Å². The van der Waals surface area contributed by atoms with Crippen molar-refractivity contribution in [2.24, 2.45) is 17.1 Å². The van der Waals surface area contributed by atoms with Crippen molar-refractivity contribution in [3.63, 3.8) is 0 Å². The Morgan fingerprint density at radius 1 is 1.47 bits per heavy atom. The zero-order valence-corrected chi connectivity index (χ0v) is 11.6. The van der Waals surface area contributed by atoms with E-state index in [0.29, 0.717) is 0 Å². The monoisotopic (exact) mass is 240 g/mol. The van der Waals surface area contributed by atoms with Crippen LogP contribution in [0, 0.1) is 11.3 Å². The third kappa shape index (κ3) is 3.98. The number of hydrogen-bond acceptors (Lipinski definition) is 2. The molecule has 1 saturated carbocycles. The van der Waals surface area contributed by atoms with Gasteiger partial charge in [-0.2, -0.15) is 0 Å². The van der Waals surface area contributed by atoms with Gasteiger partial charge in [-0.05, 0) is 32.1 Å². The van der Waals surface area contributed by atoms with E-state index in [4.69, 9.17) is 5.73 Å². The van der Waals surface area contributed by atoms with Gasteiger partial charge in [0.05, 0.1) is 5.41 Å². The molecule has 3 heteroatoms. The Balaban J connectivity index is 2.21. The molecular formula is C14H28N2O. The lowest BCUT2D eigenvalue weighted by molar-refractivity contribution is -0.130. The minimum Gasteiger partial charge on any atom is -0.356 e. The molecule has 3 N–H and O–H groups in total. The van der Waals surface area contributed by atoms with E-state index in [1.54, 1.807) is 0 Å². The Labute approximate surface area is 106 Å². The molecule has 2 unspecified atom stereocenters. The van der Waals surface area contributed by atoms with E-state index < -0.39 is 0 Å². The van der Waals surface area contributed by atoms with Gasteiger partial charge in [0.2, 0.25) is 5.91 Å². The number of hydrogen-bond donors (Lipinski definition) is 2. The average Bonchev–Trinajstić information content (AvgIpc) is 2.59. The number of unbranched alkanes of at least 4 members (excludes halogenated alkanes) is 1. The number of rotatable bonds is 6. The Morgan fingerprint density at radius 2 is 2.18 bits per heavy atom. The lowest BCUT2D eigenvalue weighted by Gasteiger charge is -2.27. The van der Waals surface area contributed by atoms with Gasteiger partial charge in [0.1, 0.15) is 0 Å². The molecule has 1 fully saturated rings. The van der Waals surface area contributed by atoms with Crippen molar-refractivity contribution in [1.82, 2.24) is 5.32 Å². The van der Waals surface area contributed by atoms with E-state index in [1.165, 1.54) is 12.8 Å². The molecule has 0 spiro atoms. The number of nitrogens with two attached hydrogens (primary N) is 1. The second kappa shape index (κ2) is 6.39. The minimum absolute atomic E-state index is 0.0400. The average molecular weight is 240 g/mol. The molecule has 1 aliphatic rings. The van der Waals surface area contributed by atoms with Gasteiger partial charge < -0.3 is 11.1 Å². The quantitative estimate of drug-likeness (QED) is 0.701. The molecule has 0 aromatic carbocycles. The molecule has 1 aliphatic carbocycles. The first-order valence-electron chi connectivity index (χ1n) is 7.00. The summed E-state index contributed by atoms with van der Waals surface area (Å²) in [4.78, 5) is 12.1. The van der Waals surface area contributed by atoms with Crippen LogP contribution in [0.4, 0.5) is 0 Å². The minimum atomic E-state index is -0.321. The molecule has 2 atom stereocenters. The fourth-order valence-electron chi connectivity index (χ4n) is 2.56. The normalized spacial score (nSPS) is 28.6. The van der Waals surface area contributed by atoms with E-state index in [0.717, 1.165) is 38.1 Å². The number of carbonyl (C=O) groups excluding carboxylic acids is 1. The van der Waals surface area contributed by atoms with Crippen LogP contribution in [0.5, 0.6) is 0 Å². The highest BCUT2D eigenvalue weighted by Crippen LogP contribution is 2.36. The van der Waals surface area contributed by atoms with Gasteiger partial charge in [-0.25, -0.2) is 0 Å². The predicted molar refractivity (Wildman–Crippen MR) is 71.6 cm³/mol. The van der Waals surface area contributed by atoms with Crippen LogP contribution in [0.1, 0.15) is 59.3 Å². The van der Waals surface area contributed by atoms with Crippen LogP contribution in [0.25, 0.3) is 0 Å². The highest BCUT2D eigenvalue weighted by molar-refractivity contribution is 5.83. The third-order valence-electron chi connectivity index (χ3n) is 4.04. The standard InChI is InChI=1S/C14H28N2O/c1-11(2)7-4-5-10-16-13(17)14(3)9-6-8-12(14)15/h11-12H,4-10,15H2,1-3H3,(H,16,17). The zero-order valence-electron chi connectivity index (χ0n) is 11.6. The second-order valence-electron chi connectivity index (χ2n) is 6.06. The molecule has 0 aromatic heterocycles. The van der Waals surface area contributed by atoms with Crippen LogP contribution in [0.2, 0.25) is 0 Å². The second-order valence-corrected chi connectivity index (χ2v) is 6.06. The van der Waals surface area contributed by atoms with Crippen molar-refractivity contribution in [2.45, 2.75) is 65.3 Å². The number of amides is 1. The molecule has 0 bridgehead atoms. The van der Waals surface area contributed by atoms with Crippen molar-refractivity contribution in [2.75, 3.05) is 6.54 Å². The Hall–Kier alpha value is -0.570. The first-order chi connectivity index (χ1) is 7.97. The van der Waals surface area contributed by atoms with Gasteiger partial charge in [0.15, 0.2) is 0 Å². The summed E-state index contributed by atoms with van der Waals surface area (Å²) in [5, 5.41) is 3.05. The van der Waals surface area contributed by atoms with Gasteiger partial charge in [-0.1, -0.05) is 33.1 Å². The maximum atomic E-state index is 12.1. The van der Waals surface area contributed by atoms with E-state index >= 15 is 0 Å². The van der Waals surface area contributed by atoms with Crippen LogP contribution < -0.4 is 11.1 Å². The SMILES string of the molecule is CC(C)CCCCNC(=O)C1(C)CCCC1N. The van der Waals surface area contributed by atoms with Gasteiger partial charge in [-0.15, -0.1) is 0 Å². The molecule has 0 aliphatic heterocycles. The van der Waals surface area contributed by atoms with Crippen LogP contribution >= 0.6 is 0 Å². The fourth-order valence-corrected chi connectivity index (χ4v) is 2.56. The molecule has 1 rings (SSSR count). The Kier molecular flexibility index (Phi) is 5.44. The topological polar surface area (TPSA) is 55.1 Å². The fraction of sp³-hybridized carbons (Fsp3) is 0.929. The lowest BCUT2D eigenvalue weighted by atomic mass is 9.84. The molecule has 0 heterocycles. The van der Waals surface area contributed by atoms with Crippen molar-refractivity contribution >= 4 is 5.91 Å². The summed E-state index contributed by atoms with van der Waals surface area (Å²) in [6, 6.07) is 0.0400. The Morgan fingerprint density at radius 3 is 2.71 bits per heavy atom. The summed E-state index contributed by atoms with van der Waals surface area (Å²) in [7, 11) is 0. The molecule has 0 saturated heterocycles. The Bertz CT molecular complexity index is 253.